The summed E-state index contributed by atoms with van der Waals surface area (Å²) in [4.78, 5) is 42.0. The van der Waals surface area contributed by atoms with E-state index in [2.05, 4.69) is 10.6 Å². The molecule has 0 aliphatic carbocycles. The number of amides is 3. The van der Waals surface area contributed by atoms with Gasteiger partial charge >= 0.3 is 6.09 Å². The van der Waals surface area contributed by atoms with Crippen LogP contribution in [0.1, 0.15) is 85.9 Å². The van der Waals surface area contributed by atoms with Gasteiger partial charge in [0.25, 0.3) is 0 Å². The Morgan fingerprint density at radius 2 is 1.64 bits per heavy atom. The number of ether oxygens (including phenoxy) is 1. The van der Waals surface area contributed by atoms with E-state index in [1.807, 2.05) is 47.8 Å². The van der Waals surface area contributed by atoms with Gasteiger partial charge in [0.1, 0.15) is 23.4 Å². The van der Waals surface area contributed by atoms with Crippen LogP contribution in [0, 0.1) is 6.92 Å². The average Bonchev–Trinajstić information content (AvgIpc) is 2.67. The highest BCUT2D eigenvalue weighted by molar-refractivity contribution is 7.98. The number of phenols is 1. The molecule has 3 amide bonds. The summed E-state index contributed by atoms with van der Waals surface area (Å²) in [5, 5.41) is 15.8. The van der Waals surface area contributed by atoms with Crippen molar-refractivity contribution in [3.8, 4) is 5.75 Å². The lowest BCUT2D eigenvalue weighted by Crippen LogP contribution is -2.59. The van der Waals surface area contributed by atoms with E-state index in [0.29, 0.717) is 23.3 Å². The summed E-state index contributed by atoms with van der Waals surface area (Å²) in [6, 6.07) is 3.01. The fraction of sp³-hybridized carbons (Fsp3) is 0.667. The Labute approximate surface area is 220 Å². The minimum absolute atomic E-state index is 0.104. The van der Waals surface area contributed by atoms with Crippen LogP contribution >= 0.6 is 11.8 Å². The molecule has 0 aliphatic heterocycles. The maximum Gasteiger partial charge on any atom is 0.408 e. The number of aromatic hydroxyl groups is 1. The van der Waals surface area contributed by atoms with Crippen molar-refractivity contribution in [2.24, 2.45) is 0 Å². The molecule has 8 nitrogen and oxygen atoms in total. The molecular weight excluding hydrogens is 478 g/mol. The predicted octanol–water partition coefficient (Wildman–Crippen LogP) is 4.93. The van der Waals surface area contributed by atoms with Crippen LogP contribution in [-0.2, 0) is 14.3 Å². The lowest BCUT2D eigenvalue weighted by Gasteiger charge is -2.43. The van der Waals surface area contributed by atoms with E-state index < -0.39 is 34.9 Å². The first-order chi connectivity index (χ1) is 16.3. The van der Waals surface area contributed by atoms with Crippen molar-refractivity contribution in [1.82, 2.24) is 15.5 Å². The molecule has 0 saturated heterocycles. The number of phenolic OH excluding ortho intramolecular Hbond substituents is 1. The fourth-order valence-electron chi connectivity index (χ4n) is 3.66. The molecular formula is C27H45N3O5S. The number of hydrogen-bond donors (Lipinski definition) is 3. The van der Waals surface area contributed by atoms with E-state index in [4.69, 9.17) is 4.74 Å². The van der Waals surface area contributed by atoms with Crippen molar-refractivity contribution < 1.29 is 24.2 Å². The molecule has 3 N–H and O–H groups in total. The molecule has 0 aliphatic rings. The van der Waals surface area contributed by atoms with Crippen LogP contribution in [0.3, 0.4) is 0 Å². The van der Waals surface area contributed by atoms with Gasteiger partial charge in [-0.1, -0.05) is 6.07 Å². The van der Waals surface area contributed by atoms with Crippen LogP contribution in [-0.4, -0.2) is 62.6 Å². The van der Waals surface area contributed by atoms with E-state index >= 15 is 0 Å². The maximum atomic E-state index is 14.2. The van der Waals surface area contributed by atoms with Crippen LogP contribution in [0.15, 0.2) is 18.2 Å². The first-order valence-corrected chi connectivity index (χ1v) is 13.6. The second-order valence-electron chi connectivity index (χ2n) is 12.0. The smallest absolute Gasteiger partial charge is 0.408 e. The summed E-state index contributed by atoms with van der Waals surface area (Å²) < 4.78 is 5.42. The lowest BCUT2D eigenvalue weighted by atomic mass is 9.93. The molecule has 1 rings (SSSR count). The average molecular weight is 524 g/mol. The molecule has 1 aromatic carbocycles. The molecule has 9 heteroatoms. The Morgan fingerprint density at radius 3 is 2.08 bits per heavy atom. The molecule has 1 aromatic rings. The number of alkyl carbamates (subject to hydrolysis) is 1. The molecule has 0 spiro atoms. The number of hydrogen-bond acceptors (Lipinski definition) is 6. The molecule has 0 aromatic heterocycles. The number of thioether (sulfide) groups is 1. The van der Waals surface area contributed by atoms with Gasteiger partial charge in [-0.2, -0.15) is 11.8 Å². The summed E-state index contributed by atoms with van der Waals surface area (Å²) in [6.07, 6.45) is 1.61. The third kappa shape index (κ3) is 9.91. The van der Waals surface area contributed by atoms with Crippen molar-refractivity contribution in [3.63, 3.8) is 0 Å². The quantitative estimate of drug-likeness (QED) is 0.446. The van der Waals surface area contributed by atoms with E-state index in [9.17, 15) is 19.5 Å². The van der Waals surface area contributed by atoms with Crippen LogP contribution < -0.4 is 10.6 Å². The van der Waals surface area contributed by atoms with Crippen molar-refractivity contribution in [2.75, 3.05) is 12.0 Å². The predicted molar refractivity (Wildman–Crippen MR) is 146 cm³/mol. The van der Waals surface area contributed by atoms with Gasteiger partial charge in [-0.05, 0) is 111 Å². The van der Waals surface area contributed by atoms with Gasteiger partial charge in [0.15, 0.2) is 0 Å². The largest absolute Gasteiger partial charge is 0.508 e. The topological polar surface area (TPSA) is 108 Å². The summed E-state index contributed by atoms with van der Waals surface area (Å²) in [6.45, 7) is 18.2. The number of nitrogens with zero attached hydrogens (tertiary/aromatic N) is 1. The van der Waals surface area contributed by atoms with E-state index in [0.717, 1.165) is 0 Å². The highest BCUT2D eigenvalue weighted by Gasteiger charge is 2.42. The molecule has 204 valence electrons. The van der Waals surface area contributed by atoms with Gasteiger partial charge in [0.05, 0.1) is 0 Å². The monoisotopic (exact) mass is 523 g/mol. The number of carbonyl (C=O) groups is 3. The van der Waals surface area contributed by atoms with Crippen LogP contribution in [0.25, 0.3) is 0 Å². The summed E-state index contributed by atoms with van der Waals surface area (Å²) in [7, 11) is 0. The van der Waals surface area contributed by atoms with Gasteiger partial charge in [0.2, 0.25) is 11.8 Å². The summed E-state index contributed by atoms with van der Waals surface area (Å²) >= 11 is 1.56. The zero-order chi connectivity index (χ0) is 28.1. The second kappa shape index (κ2) is 12.2. The minimum Gasteiger partial charge on any atom is -0.508 e. The Bertz CT molecular complexity index is 929. The van der Waals surface area contributed by atoms with Gasteiger partial charge < -0.3 is 25.4 Å². The molecule has 0 heterocycles. The Hall–Kier alpha value is -2.42. The molecule has 2 unspecified atom stereocenters. The molecule has 0 fully saturated rings. The first-order valence-electron chi connectivity index (χ1n) is 12.2. The zero-order valence-electron chi connectivity index (χ0n) is 23.7. The third-order valence-electron chi connectivity index (χ3n) is 5.10. The molecule has 0 saturated carbocycles. The van der Waals surface area contributed by atoms with Gasteiger partial charge in [0, 0.05) is 11.1 Å². The molecule has 36 heavy (non-hydrogen) atoms. The highest BCUT2D eigenvalue weighted by Crippen LogP contribution is 2.33. The Balaban J connectivity index is 3.62. The van der Waals surface area contributed by atoms with Crippen molar-refractivity contribution in [1.29, 1.82) is 0 Å². The summed E-state index contributed by atoms with van der Waals surface area (Å²) in [5.41, 5.74) is -0.888. The lowest BCUT2D eigenvalue weighted by molar-refractivity contribution is -0.149. The number of carbonyl (C=O) groups excluding carboxylic acids is 3. The maximum absolute atomic E-state index is 14.2. The second-order valence-corrected chi connectivity index (χ2v) is 13.0. The number of nitrogens with one attached hydrogen (secondary N) is 2. The number of aryl methyl sites for hydroxylation is 1. The SMILES string of the molecule is CSCCC(NC(=O)OC(C)(C)C)C(=O)N(C(C(=O)NC(C)(C)C)c1ccc(O)c(C)c1)C(C)(C)C. The number of benzene rings is 1. The zero-order valence-corrected chi connectivity index (χ0v) is 24.6. The standard InChI is InChI=1S/C27H45N3O5S/c1-17-16-18(12-13-20(17)31)21(22(32)29-25(2,3)4)30(26(5,6)7)23(33)19(14-15-36-11)28-24(34)35-27(8,9)10/h12-13,16,19,21,31H,14-15H2,1-11H3,(H,28,34)(H,29,32). The van der Waals surface area contributed by atoms with Crippen molar-refractivity contribution >= 4 is 29.7 Å². The molecule has 0 bridgehead atoms. The van der Waals surface area contributed by atoms with Gasteiger partial charge in [-0.15, -0.1) is 0 Å². The van der Waals surface area contributed by atoms with E-state index in [-0.39, 0.29) is 17.6 Å². The van der Waals surface area contributed by atoms with Crippen LogP contribution in [0.4, 0.5) is 4.79 Å². The molecule has 2 atom stereocenters. The normalized spacial score (nSPS) is 14.0. The molecule has 0 radical (unpaired) electrons. The Morgan fingerprint density at radius 1 is 1.06 bits per heavy atom. The van der Waals surface area contributed by atoms with E-state index in [1.165, 1.54) is 11.0 Å². The third-order valence-corrected chi connectivity index (χ3v) is 5.75. The fourth-order valence-corrected chi connectivity index (χ4v) is 4.13. The van der Waals surface area contributed by atoms with E-state index in [1.54, 1.807) is 51.6 Å². The minimum atomic E-state index is -0.992. The number of rotatable bonds is 8. The van der Waals surface area contributed by atoms with Gasteiger partial charge in [-0.25, -0.2) is 4.79 Å². The van der Waals surface area contributed by atoms with Gasteiger partial charge in [-0.3, -0.25) is 9.59 Å². The van der Waals surface area contributed by atoms with Crippen molar-refractivity contribution in [2.45, 2.75) is 104 Å². The summed E-state index contributed by atoms with van der Waals surface area (Å²) in [5.74, 6) is -0.00722. The van der Waals surface area contributed by atoms with Crippen molar-refractivity contribution in [3.05, 3.63) is 29.3 Å². The Kier molecular flexibility index (Phi) is 10.7. The van der Waals surface area contributed by atoms with Crippen LogP contribution in [0.2, 0.25) is 0 Å². The highest BCUT2D eigenvalue weighted by atomic mass is 32.2. The first kappa shape index (κ1) is 31.6. The van der Waals surface area contributed by atoms with Crippen LogP contribution in [0.5, 0.6) is 5.75 Å².